The van der Waals surface area contributed by atoms with Crippen LogP contribution in [0.4, 0.5) is 5.82 Å². The Morgan fingerprint density at radius 2 is 1.81 bits per heavy atom. The molecule has 1 aromatic heterocycles. The second-order valence-electron chi connectivity index (χ2n) is 5.08. The topological polar surface area (TPSA) is 46.6 Å². The van der Waals surface area contributed by atoms with E-state index in [1.165, 1.54) is 5.56 Å². The molecule has 0 saturated carbocycles. The van der Waals surface area contributed by atoms with Crippen molar-refractivity contribution in [2.24, 2.45) is 0 Å². The average Bonchev–Trinajstić information content (AvgIpc) is 2.48. The van der Waals surface area contributed by atoms with Crippen LogP contribution >= 0.6 is 0 Å². The molecule has 1 aromatic rings. The van der Waals surface area contributed by atoms with Gasteiger partial charge in [-0.1, -0.05) is 13.3 Å². The van der Waals surface area contributed by atoms with Gasteiger partial charge in [-0.3, -0.25) is 0 Å². The lowest BCUT2D eigenvalue weighted by Gasteiger charge is -2.24. The maximum atomic E-state index is 5.21. The summed E-state index contributed by atoms with van der Waals surface area (Å²) in [6.07, 6.45) is 2.11. The molecule has 0 atom stereocenters. The van der Waals surface area contributed by atoms with Crippen molar-refractivity contribution in [3.05, 3.63) is 23.4 Å². The molecule has 0 spiro atoms. The first-order valence-corrected chi connectivity index (χ1v) is 7.62. The van der Waals surface area contributed by atoms with E-state index in [2.05, 4.69) is 29.3 Å². The molecule has 1 heterocycles. The maximum absolute atomic E-state index is 5.21. The molecule has 5 heteroatoms. The van der Waals surface area contributed by atoms with Gasteiger partial charge in [-0.25, -0.2) is 4.98 Å². The van der Waals surface area contributed by atoms with Crippen molar-refractivity contribution in [2.45, 2.75) is 26.3 Å². The number of rotatable bonds is 11. The Labute approximate surface area is 128 Å². The van der Waals surface area contributed by atoms with Gasteiger partial charge >= 0.3 is 0 Å². The van der Waals surface area contributed by atoms with E-state index >= 15 is 0 Å². The Morgan fingerprint density at radius 3 is 2.33 bits per heavy atom. The minimum Gasteiger partial charge on any atom is -0.383 e. The lowest BCUT2D eigenvalue weighted by molar-refractivity contribution is 0.190. The number of aromatic nitrogens is 1. The maximum Gasteiger partial charge on any atom is 0.129 e. The molecular weight excluding hydrogens is 266 g/mol. The molecule has 0 radical (unpaired) electrons. The summed E-state index contributed by atoms with van der Waals surface area (Å²) in [5, 5.41) is 3.21. The van der Waals surface area contributed by atoms with E-state index < -0.39 is 0 Å². The van der Waals surface area contributed by atoms with Crippen LogP contribution in [-0.2, 0) is 22.4 Å². The second-order valence-corrected chi connectivity index (χ2v) is 5.08. The van der Waals surface area contributed by atoms with Crippen LogP contribution in [0.25, 0.3) is 0 Å². The van der Waals surface area contributed by atoms with Crippen LogP contribution in [-0.4, -0.2) is 52.6 Å². The van der Waals surface area contributed by atoms with E-state index in [1.54, 1.807) is 14.2 Å². The van der Waals surface area contributed by atoms with Crippen molar-refractivity contribution < 1.29 is 9.47 Å². The van der Waals surface area contributed by atoms with Crippen LogP contribution in [0.5, 0.6) is 0 Å². The monoisotopic (exact) mass is 295 g/mol. The summed E-state index contributed by atoms with van der Waals surface area (Å²) in [5.41, 5.74) is 2.42. The fourth-order valence-electron chi connectivity index (χ4n) is 2.23. The van der Waals surface area contributed by atoms with Gasteiger partial charge in [-0.15, -0.1) is 0 Å². The molecule has 21 heavy (non-hydrogen) atoms. The lowest BCUT2D eigenvalue weighted by atomic mass is 10.1. The first-order valence-electron chi connectivity index (χ1n) is 7.62. The second kappa shape index (κ2) is 10.5. The van der Waals surface area contributed by atoms with Crippen molar-refractivity contribution in [3.63, 3.8) is 0 Å². The summed E-state index contributed by atoms with van der Waals surface area (Å²) < 4.78 is 10.4. The van der Waals surface area contributed by atoms with Gasteiger partial charge in [0.1, 0.15) is 5.82 Å². The zero-order valence-corrected chi connectivity index (χ0v) is 13.8. The molecule has 0 aliphatic carbocycles. The molecule has 0 aliphatic rings. The van der Waals surface area contributed by atoms with E-state index in [4.69, 9.17) is 14.5 Å². The van der Waals surface area contributed by atoms with E-state index in [0.717, 1.165) is 44.0 Å². The van der Waals surface area contributed by atoms with Gasteiger partial charge in [-0.05, 0) is 31.2 Å². The van der Waals surface area contributed by atoms with Crippen LogP contribution in [0.3, 0.4) is 0 Å². The Morgan fingerprint density at radius 1 is 1.14 bits per heavy atom. The summed E-state index contributed by atoms with van der Waals surface area (Å²) in [7, 11) is 5.41. The minimum atomic E-state index is 0.685. The number of methoxy groups -OCH3 is 2. The Hall–Kier alpha value is -1.17. The summed E-state index contributed by atoms with van der Waals surface area (Å²) in [5.74, 6) is 1.01. The minimum absolute atomic E-state index is 0.685. The number of nitrogens with one attached hydrogen (secondary N) is 1. The SMILES string of the molecule is CCCc1cc(CNC)cc(N(CCOC)CCOC)n1. The zero-order valence-electron chi connectivity index (χ0n) is 13.8. The van der Waals surface area contributed by atoms with Crippen molar-refractivity contribution in [3.8, 4) is 0 Å². The van der Waals surface area contributed by atoms with Crippen molar-refractivity contribution in [1.29, 1.82) is 0 Å². The Balaban J connectivity index is 2.96. The number of ether oxygens (including phenoxy) is 2. The van der Waals surface area contributed by atoms with E-state index in [1.807, 2.05) is 7.05 Å². The third-order valence-electron chi connectivity index (χ3n) is 3.27. The third kappa shape index (κ3) is 6.42. The number of hydrogen-bond donors (Lipinski definition) is 1. The molecule has 1 rings (SSSR count). The van der Waals surface area contributed by atoms with E-state index in [-0.39, 0.29) is 0 Å². The first kappa shape index (κ1) is 17.9. The predicted molar refractivity (Wildman–Crippen MR) is 87.0 cm³/mol. The van der Waals surface area contributed by atoms with Crippen LogP contribution < -0.4 is 10.2 Å². The fourth-order valence-corrected chi connectivity index (χ4v) is 2.23. The highest BCUT2D eigenvalue weighted by molar-refractivity contribution is 5.43. The van der Waals surface area contributed by atoms with Crippen molar-refractivity contribution >= 4 is 5.82 Å². The molecule has 120 valence electrons. The molecule has 1 N–H and O–H groups in total. The third-order valence-corrected chi connectivity index (χ3v) is 3.27. The number of nitrogens with zero attached hydrogens (tertiary/aromatic N) is 2. The van der Waals surface area contributed by atoms with E-state index in [9.17, 15) is 0 Å². The standard InChI is InChI=1S/C16H29N3O2/c1-5-6-15-11-14(13-17-2)12-16(18-15)19(7-9-20-3)8-10-21-4/h11-12,17H,5-10,13H2,1-4H3. The molecule has 0 unspecified atom stereocenters. The number of hydrogen-bond acceptors (Lipinski definition) is 5. The zero-order chi connectivity index (χ0) is 15.5. The van der Waals surface area contributed by atoms with Crippen LogP contribution in [0.1, 0.15) is 24.6 Å². The Bertz CT molecular complexity index is 367. The summed E-state index contributed by atoms with van der Waals surface area (Å²) in [6.45, 7) is 6.05. The van der Waals surface area contributed by atoms with Gasteiger partial charge in [0.05, 0.1) is 13.2 Å². The quantitative estimate of drug-likeness (QED) is 0.675. The smallest absolute Gasteiger partial charge is 0.129 e. The normalized spacial score (nSPS) is 10.9. The highest BCUT2D eigenvalue weighted by atomic mass is 16.5. The molecule has 0 saturated heterocycles. The highest BCUT2D eigenvalue weighted by Gasteiger charge is 2.10. The van der Waals surface area contributed by atoms with Crippen LogP contribution in [0.15, 0.2) is 12.1 Å². The summed E-state index contributed by atoms with van der Waals surface area (Å²) >= 11 is 0. The summed E-state index contributed by atoms with van der Waals surface area (Å²) in [6, 6.07) is 4.34. The largest absolute Gasteiger partial charge is 0.383 e. The van der Waals surface area contributed by atoms with Crippen LogP contribution in [0.2, 0.25) is 0 Å². The average molecular weight is 295 g/mol. The van der Waals surface area contributed by atoms with Gasteiger partial charge in [0.15, 0.2) is 0 Å². The number of aryl methyl sites for hydroxylation is 1. The van der Waals surface area contributed by atoms with Gasteiger partial charge in [0.2, 0.25) is 0 Å². The molecule has 0 bridgehead atoms. The van der Waals surface area contributed by atoms with Crippen LogP contribution in [0, 0.1) is 0 Å². The highest BCUT2D eigenvalue weighted by Crippen LogP contribution is 2.16. The molecule has 0 amide bonds. The molecule has 5 nitrogen and oxygen atoms in total. The van der Waals surface area contributed by atoms with E-state index in [0.29, 0.717) is 13.2 Å². The fraction of sp³-hybridized carbons (Fsp3) is 0.688. The number of pyridine rings is 1. The van der Waals surface area contributed by atoms with Crippen molar-refractivity contribution in [2.75, 3.05) is 52.5 Å². The summed E-state index contributed by atoms with van der Waals surface area (Å²) in [4.78, 5) is 7.03. The molecule has 0 fully saturated rings. The van der Waals surface area contributed by atoms with Gasteiger partial charge in [-0.2, -0.15) is 0 Å². The van der Waals surface area contributed by atoms with Gasteiger partial charge in [0, 0.05) is 39.5 Å². The Kier molecular flexibility index (Phi) is 8.98. The molecular formula is C16H29N3O2. The molecule has 0 aromatic carbocycles. The molecule has 0 aliphatic heterocycles. The number of anilines is 1. The first-order chi connectivity index (χ1) is 10.2. The van der Waals surface area contributed by atoms with Crippen molar-refractivity contribution in [1.82, 2.24) is 10.3 Å². The van der Waals surface area contributed by atoms with Gasteiger partial charge < -0.3 is 19.7 Å². The lowest BCUT2D eigenvalue weighted by Crippen LogP contribution is -2.31. The predicted octanol–water partition coefficient (Wildman–Crippen LogP) is 1.85. The van der Waals surface area contributed by atoms with Gasteiger partial charge in [0.25, 0.3) is 0 Å².